The van der Waals surface area contributed by atoms with Crippen molar-refractivity contribution in [3.05, 3.63) is 59.2 Å². The Morgan fingerprint density at radius 3 is 2.67 bits per heavy atom. The molecule has 2 aromatic carbocycles. The average Bonchev–Trinajstić information content (AvgIpc) is 2.62. The summed E-state index contributed by atoms with van der Waals surface area (Å²) in [6.07, 6.45) is 5.12. The first kappa shape index (κ1) is 16.6. The second-order valence-electron chi connectivity index (χ2n) is 6.40. The van der Waals surface area contributed by atoms with Crippen LogP contribution >= 0.6 is 0 Å². The number of hydrogen-bond donors (Lipinski definition) is 1. The van der Waals surface area contributed by atoms with Crippen molar-refractivity contribution in [3.8, 4) is 5.75 Å². The molecule has 1 unspecified atom stereocenters. The maximum absolute atomic E-state index is 12.4. The minimum Gasteiger partial charge on any atom is -0.481 e. The van der Waals surface area contributed by atoms with Crippen molar-refractivity contribution in [1.29, 1.82) is 0 Å². The summed E-state index contributed by atoms with van der Waals surface area (Å²) >= 11 is 0. The van der Waals surface area contributed by atoms with Crippen LogP contribution in [0.25, 0.3) is 0 Å². The summed E-state index contributed by atoms with van der Waals surface area (Å²) in [6.45, 7) is 3.88. The van der Waals surface area contributed by atoms with E-state index in [-0.39, 0.29) is 5.91 Å². The minimum absolute atomic E-state index is 0.117. The third-order valence-electron chi connectivity index (χ3n) is 4.66. The second-order valence-corrected chi connectivity index (χ2v) is 6.40. The van der Waals surface area contributed by atoms with Gasteiger partial charge in [0.05, 0.1) is 0 Å². The number of carbonyl (C=O) groups excluding carboxylic acids is 1. The molecule has 3 heteroatoms. The van der Waals surface area contributed by atoms with Crippen LogP contribution in [0.15, 0.2) is 42.5 Å². The molecule has 0 saturated heterocycles. The molecule has 1 amide bonds. The average molecular weight is 323 g/mol. The van der Waals surface area contributed by atoms with E-state index in [1.165, 1.54) is 24.0 Å². The predicted molar refractivity (Wildman–Crippen MR) is 97.6 cm³/mol. The highest BCUT2D eigenvalue weighted by Crippen LogP contribution is 2.26. The van der Waals surface area contributed by atoms with Gasteiger partial charge in [-0.1, -0.05) is 31.2 Å². The summed E-state index contributed by atoms with van der Waals surface area (Å²) in [7, 11) is 0. The molecule has 3 rings (SSSR count). The van der Waals surface area contributed by atoms with Crippen LogP contribution < -0.4 is 10.1 Å². The minimum atomic E-state index is -0.531. The molecule has 1 aliphatic carbocycles. The molecule has 126 valence electrons. The second kappa shape index (κ2) is 7.52. The molecule has 1 aliphatic rings. The number of para-hydroxylation sites is 1. The molecule has 2 aromatic rings. The molecule has 0 aromatic heterocycles. The van der Waals surface area contributed by atoms with Gasteiger partial charge in [-0.2, -0.15) is 0 Å². The number of amides is 1. The lowest BCUT2D eigenvalue weighted by Crippen LogP contribution is -2.30. The molecule has 0 saturated carbocycles. The van der Waals surface area contributed by atoms with Gasteiger partial charge >= 0.3 is 0 Å². The molecule has 0 spiro atoms. The van der Waals surface area contributed by atoms with E-state index in [2.05, 4.69) is 24.4 Å². The van der Waals surface area contributed by atoms with Gasteiger partial charge in [-0.3, -0.25) is 4.79 Å². The number of nitrogens with one attached hydrogen (secondary N) is 1. The number of aryl methyl sites for hydroxylation is 3. The maximum Gasteiger partial charge on any atom is 0.265 e. The van der Waals surface area contributed by atoms with Gasteiger partial charge in [-0.15, -0.1) is 0 Å². The third kappa shape index (κ3) is 3.78. The van der Waals surface area contributed by atoms with Gasteiger partial charge in [0.1, 0.15) is 5.75 Å². The molecule has 0 bridgehead atoms. The van der Waals surface area contributed by atoms with Crippen LogP contribution in [0.1, 0.15) is 43.4 Å². The lowest BCUT2D eigenvalue weighted by Gasteiger charge is -2.19. The Kier molecular flexibility index (Phi) is 5.19. The van der Waals surface area contributed by atoms with Crippen molar-refractivity contribution in [2.24, 2.45) is 0 Å². The molecule has 0 radical (unpaired) electrons. The molecule has 0 heterocycles. The SMILES string of the molecule is CCc1ccccc1NC(=O)C(C)Oc1ccc2c(c1)CCCC2. The molecule has 1 N–H and O–H groups in total. The van der Waals surface area contributed by atoms with Gasteiger partial charge < -0.3 is 10.1 Å². The zero-order valence-corrected chi connectivity index (χ0v) is 14.5. The monoisotopic (exact) mass is 323 g/mol. The molecule has 0 fully saturated rings. The van der Waals surface area contributed by atoms with Crippen molar-refractivity contribution in [2.75, 3.05) is 5.32 Å². The van der Waals surface area contributed by atoms with Crippen molar-refractivity contribution in [1.82, 2.24) is 0 Å². The summed E-state index contributed by atoms with van der Waals surface area (Å²) in [4.78, 5) is 12.4. The number of anilines is 1. The summed E-state index contributed by atoms with van der Waals surface area (Å²) in [6, 6.07) is 14.1. The quantitative estimate of drug-likeness (QED) is 0.877. The van der Waals surface area contributed by atoms with E-state index in [0.717, 1.165) is 36.3 Å². The van der Waals surface area contributed by atoms with E-state index in [4.69, 9.17) is 4.74 Å². The fourth-order valence-electron chi connectivity index (χ4n) is 3.23. The molecule has 24 heavy (non-hydrogen) atoms. The summed E-state index contributed by atoms with van der Waals surface area (Å²) in [5.74, 6) is 0.663. The maximum atomic E-state index is 12.4. The first-order valence-electron chi connectivity index (χ1n) is 8.84. The highest BCUT2D eigenvalue weighted by Gasteiger charge is 2.17. The van der Waals surface area contributed by atoms with Crippen LogP contribution in [0.5, 0.6) is 5.75 Å². The standard InChI is InChI=1S/C21H25NO2/c1-3-16-8-6-7-11-20(16)22-21(23)15(2)24-19-13-12-17-9-4-5-10-18(17)14-19/h6-8,11-15H,3-5,9-10H2,1-2H3,(H,22,23). The van der Waals surface area contributed by atoms with E-state index >= 15 is 0 Å². The van der Waals surface area contributed by atoms with Gasteiger partial charge in [-0.05, 0) is 73.9 Å². The largest absolute Gasteiger partial charge is 0.481 e. The fraction of sp³-hybridized carbons (Fsp3) is 0.381. The Labute approximate surface area is 144 Å². The van der Waals surface area contributed by atoms with Gasteiger partial charge in [0, 0.05) is 5.69 Å². The number of hydrogen-bond acceptors (Lipinski definition) is 2. The first-order chi connectivity index (χ1) is 11.7. The Balaban J connectivity index is 1.66. The van der Waals surface area contributed by atoms with Gasteiger partial charge in [0.2, 0.25) is 0 Å². The van der Waals surface area contributed by atoms with Crippen LogP contribution in [-0.4, -0.2) is 12.0 Å². The fourth-order valence-corrected chi connectivity index (χ4v) is 3.23. The highest BCUT2D eigenvalue weighted by atomic mass is 16.5. The van der Waals surface area contributed by atoms with Crippen LogP contribution in [0.3, 0.4) is 0 Å². The van der Waals surface area contributed by atoms with Gasteiger partial charge in [0.15, 0.2) is 6.10 Å². The number of rotatable bonds is 5. The predicted octanol–water partition coefficient (Wildman–Crippen LogP) is 4.53. The molecule has 3 nitrogen and oxygen atoms in total. The van der Waals surface area contributed by atoms with E-state index in [1.54, 1.807) is 6.92 Å². The van der Waals surface area contributed by atoms with Crippen LogP contribution in [0, 0.1) is 0 Å². The van der Waals surface area contributed by atoms with Gasteiger partial charge in [0.25, 0.3) is 5.91 Å². The lowest BCUT2D eigenvalue weighted by atomic mass is 9.92. The zero-order chi connectivity index (χ0) is 16.9. The van der Waals surface area contributed by atoms with Crippen molar-refractivity contribution in [3.63, 3.8) is 0 Å². The first-order valence-corrected chi connectivity index (χ1v) is 8.84. The number of ether oxygens (including phenoxy) is 1. The van der Waals surface area contributed by atoms with Crippen LogP contribution in [-0.2, 0) is 24.1 Å². The Hall–Kier alpha value is -2.29. The molecular formula is C21H25NO2. The number of carbonyl (C=O) groups is 1. The number of fused-ring (bicyclic) bond motifs is 1. The van der Waals surface area contributed by atoms with Crippen molar-refractivity contribution < 1.29 is 9.53 Å². The summed E-state index contributed by atoms with van der Waals surface area (Å²) in [5.41, 5.74) is 4.78. The third-order valence-corrected chi connectivity index (χ3v) is 4.66. The van der Waals surface area contributed by atoms with Crippen LogP contribution in [0.4, 0.5) is 5.69 Å². The molecule has 1 atom stereocenters. The van der Waals surface area contributed by atoms with E-state index in [0.29, 0.717) is 0 Å². The zero-order valence-electron chi connectivity index (χ0n) is 14.5. The summed E-state index contributed by atoms with van der Waals surface area (Å²) in [5, 5.41) is 2.98. The van der Waals surface area contributed by atoms with Gasteiger partial charge in [-0.25, -0.2) is 0 Å². The van der Waals surface area contributed by atoms with Crippen molar-refractivity contribution >= 4 is 11.6 Å². The summed E-state index contributed by atoms with van der Waals surface area (Å²) < 4.78 is 5.88. The van der Waals surface area contributed by atoms with E-state index < -0.39 is 6.10 Å². The topological polar surface area (TPSA) is 38.3 Å². The smallest absolute Gasteiger partial charge is 0.265 e. The lowest BCUT2D eigenvalue weighted by molar-refractivity contribution is -0.122. The van der Waals surface area contributed by atoms with E-state index in [1.807, 2.05) is 30.3 Å². The molecule has 0 aliphatic heterocycles. The Morgan fingerprint density at radius 1 is 1.12 bits per heavy atom. The van der Waals surface area contributed by atoms with Crippen LogP contribution in [0.2, 0.25) is 0 Å². The molecular weight excluding hydrogens is 298 g/mol. The van der Waals surface area contributed by atoms with Crippen molar-refractivity contribution in [2.45, 2.75) is 52.1 Å². The number of benzene rings is 2. The highest BCUT2D eigenvalue weighted by molar-refractivity contribution is 5.94. The normalized spacial score (nSPS) is 14.6. The Morgan fingerprint density at radius 2 is 1.88 bits per heavy atom. The van der Waals surface area contributed by atoms with E-state index in [9.17, 15) is 4.79 Å². The Bertz CT molecular complexity index is 724.